The van der Waals surface area contributed by atoms with Gasteiger partial charge in [0.25, 0.3) is 5.91 Å². The average molecular weight is 423 g/mol. The number of hydrogen-bond acceptors (Lipinski definition) is 4. The smallest absolute Gasteiger partial charge is 0.258 e. The van der Waals surface area contributed by atoms with Crippen LogP contribution in [0.4, 0.5) is 4.39 Å². The Balaban J connectivity index is 1.75. The molecule has 31 heavy (non-hydrogen) atoms. The van der Waals surface area contributed by atoms with Gasteiger partial charge in [-0.25, -0.2) is 4.39 Å². The zero-order chi connectivity index (χ0) is 22.3. The minimum atomic E-state index is -0.754. The van der Waals surface area contributed by atoms with E-state index in [2.05, 4.69) is 20.9 Å². The Bertz CT molecular complexity index is 959. The van der Waals surface area contributed by atoms with Crippen molar-refractivity contribution in [3.05, 3.63) is 65.5 Å². The normalized spacial score (nSPS) is 21.1. The van der Waals surface area contributed by atoms with Gasteiger partial charge in [0.15, 0.2) is 6.19 Å². The Hall–Kier alpha value is -3.60. The molecule has 0 heterocycles. The monoisotopic (exact) mass is 423 g/mol. The topological polar surface area (TPSA) is 110 Å². The van der Waals surface area contributed by atoms with Gasteiger partial charge in [-0.1, -0.05) is 36.4 Å². The third-order valence-electron chi connectivity index (χ3n) is 5.87. The molecule has 162 valence electrons. The molecule has 4 N–H and O–H groups in total. The lowest BCUT2D eigenvalue weighted by Gasteiger charge is -2.41. The molecular formula is C23H26FN5O2. The summed E-state index contributed by atoms with van der Waals surface area (Å²) in [7, 11) is 1.61. The summed E-state index contributed by atoms with van der Waals surface area (Å²) in [5.74, 6) is -1.33. The number of phenols is 1. The molecule has 0 aliphatic heterocycles. The molecular weight excluding hydrogens is 397 g/mol. The van der Waals surface area contributed by atoms with E-state index in [9.17, 15) is 14.3 Å². The number of nitrogens with zero attached hydrogens (tertiary/aromatic N) is 2. The quantitative estimate of drug-likeness (QED) is 0.256. The van der Waals surface area contributed by atoms with E-state index in [-0.39, 0.29) is 22.8 Å². The molecule has 2 aromatic rings. The van der Waals surface area contributed by atoms with Crippen LogP contribution < -0.4 is 16.0 Å². The number of carbonyl (C=O) groups is 1. The van der Waals surface area contributed by atoms with Crippen LogP contribution in [-0.4, -0.2) is 36.6 Å². The van der Waals surface area contributed by atoms with Crippen molar-refractivity contribution in [3.8, 4) is 11.9 Å². The zero-order valence-corrected chi connectivity index (χ0v) is 17.4. The Morgan fingerprint density at radius 2 is 1.94 bits per heavy atom. The summed E-state index contributed by atoms with van der Waals surface area (Å²) in [5.41, 5.74) is 0.445. The summed E-state index contributed by atoms with van der Waals surface area (Å²) >= 11 is 0. The molecule has 1 aliphatic carbocycles. The molecule has 0 unspecified atom stereocenters. The molecule has 1 fully saturated rings. The van der Waals surface area contributed by atoms with E-state index in [1.165, 1.54) is 12.1 Å². The highest BCUT2D eigenvalue weighted by Gasteiger charge is 2.37. The van der Waals surface area contributed by atoms with E-state index in [1.54, 1.807) is 7.05 Å². The van der Waals surface area contributed by atoms with Crippen molar-refractivity contribution in [2.45, 2.75) is 37.1 Å². The lowest BCUT2D eigenvalue weighted by molar-refractivity contribution is 0.0928. The van der Waals surface area contributed by atoms with Crippen molar-refractivity contribution in [3.63, 3.8) is 0 Å². The second kappa shape index (κ2) is 9.94. The molecule has 1 saturated carbocycles. The Morgan fingerprint density at radius 1 is 1.23 bits per heavy atom. The van der Waals surface area contributed by atoms with Gasteiger partial charge in [-0.2, -0.15) is 5.26 Å². The van der Waals surface area contributed by atoms with Gasteiger partial charge in [0.05, 0.1) is 0 Å². The van der Waals surface area contributed by atoms with Crippen LogP contribution >= 0.6 is 0 Å². The van der Waals surface area contributed by atoms with Crippen LogP contribution in [0.15, 0.2) is 53.5 Å². The number of amides is 1. The van der Waals surface area contributed by atoms with Crippen LogP contribution in [0.5, 0.6) is 5.75 Å². The molecule has 0 saturated heterocycles. The first-order valence-corrected chi connectivity index (χ1v) is 10.2. The highest BCUT2D eigenvalue weighted by Crippen LogP contribution is 2.39. The zero-order valence-electron chi connectivity index (χ0n) is 17.4. The maximum Gasteiger partial charge on any atom is 0.258 e. The van der Waals surface area contributed by atoms with Gasteiger partial charge in [0.2, 0.25) is 5.96 Å². The van der Waals surface area contributed by atoms with Crippen LogP contribution in [0, 0.1) is 17.3 Å². The standard InChI is InChI=1S/C23H26FN5O2/c1-26-22(28-15-25)29-17-10-12-23(13-11-17,16-6-3-2-4-7-16)14-27-21(31)20-18(24)8-5-9-19(20)30/h2-9,17,30H,10-14H2,1H3,(H,27,31)(H2,26,28,29). The lowest BCUT2D eigenvalue weighted by Crippen LogP contribution is -2.49. The maximum absolute atomic E-state index is 14.1. The second-order valence-electron chi connectivity index (χ2n) is 7.69. The maximum atomic E-state index is 14.1. The average Bonchev–Trinajstić information content (AvgIpc) is 2.79. The number of halogens is 1. The number of hydrogen-bond donors (Lipinski definition) is 4. The van der Waals surface area contributed by atoms with Crippen molar-refractivity contribution in [1.82, 2.24) is 16.0 Å². The molecule has 0 spiro atoms. The van der Waals surface area contributed by atoms with Gasteiger partial charge < -0.3 is 15.7 Å². The number of rotatable bonds is 5. The van der Waals surface area contributed by atoms with Crippen LogP contribution in [0.3, 0.4) is 0 Å². The number of aromatic hydroxyl groups is 1. The van der Waals surface area contributed by atoms with Gasteiger partial charge in [0, 0.05) is 25.0 Å². The minimum absolute atomic E-state index is 0.141. The first kappa shape index (κ1) is 22.1. The molecule has 0 aromatic heterocycles. The third kappa shape index (κ3) is 5.12. The van der Waals surface area contributed by atoms with Gasteiger partial charge in [0.1, 0.15) is 17.1 Å². The summed E-state index contributed by atoms with van der Waals surface area (Å²) in [5, 5.41) is 27.3. The minimum Gasteiger partial charge on any atom is -0.507 e. The predicted octanol–water partition coefficient (Wildman–Crippen LogP) is 2.79. The summed E-state index contributed by atoms with van der Waals surface area (Å²) in [6.45, 7) is 0.321. The summed E-state index contributed by atoms with van der Waals surface area (Å²) in [6.07, 6.45) is 5.04. The molecule has 1 amide bonds. The van der Waals surface area contributed by atoms with Crippen molar-refractivity contribution in [1.29, 1.82) is 5.26 Å². The van der Waals surface area contributed by atoms with Crippen molar-refractivity contribution in [2.75, 3.05) is 13.6 Å². The number of benzene rings is 2. The summed E-state index contributed by atoms with van der Waals surface area (Å²) in [4.78, 5) is 16.7. The Morgan fingerprint density at radius 3 is 2.55 bits per heavy atom. The van der Waals surface area contributed by atoms with Gasteiger partial charge >= 0.3 is 0 Å². The number of guanidine groups is 1. The fourth-order valence-electron chi connectivity index (χ4n) is 4.15. The van der Waals surface area contributed by atoms with E-state index >= 15 is 0 Å². The molecule has 1 aliphatic rings. The van der Waals surface area contributed by atoms with Crippen molar-refractivity contribution < 1.29 is 14.3 Å². The molecule has 0 atom stereocenters. The van der Waals surface area contributed by atoms with Crippen molar-refractivity contribution >= 4 is 11.9 Å². The number of carbonyl (C=O) groups excluding carboxylic acids is 1. The number of nitriles is 1. The van der Waals surface area contributed by atoms with E-state index in [0.717, 1.165) is 37.3 Å². The number of nitrogens with one attached hydrogen (secondary N) is 3. The Kier molecular flexibility index (Phi) is 7.08. The van der Waals surface area contributed by atoms with Crippen LogP contribution in [0.25, 0.3) is 0 Å². The second-order valence-corrected chi connectivity index (χ2v) is 7.69. The molecule has 0 radical (unpaired) electrons. The fourth-order valence-corrected chi connectivity index (χ4v) is 4.15. The first-order valence-electron chi connectivity index (χ1n) is 10.2. The van der Waals surface area contributed by atoms with E-state index in [0.29, 0.717) is 12.5 Å². The van der Waals surface area contributed by atoms with Crippen LogP contribution in [0.1, 0.15) is 41.6 Å². The van der Waals surface area contributed by atoms with Crippen molar-refractivity contribution in [2.24, 2.45) is 4.99 Å². The molecule has 0 bridgehead atoms. The van der Waals surface area contributed by atoms with Crippen LogP contribution in [-0.2, 0) is 5.41 Å². The molecule has 2 aromatic carbocycles. The van der Waals surface area contributed by atoms with Crippen LogP contribution in [0.2, 0.25) is 0 Å². The van der Waals surface area contributed by atoms with E-state index in [1.807, 2.05) is 36.5 Å². The highest BCUT2D eigenvalue weighted by atomic mass is 19.1. The summed E-state index contributed by atoms with van der Waals surface area (Å²) < 4.78 is 14.1. The van der Waals surface area contributed by atoms with Gasteiger partial charge in [-0.05, 0) is 43.4 Å². The number of phenolic OH excluding ortho intramolecular Hbond substituents is 1. The summed E-state index contributed by atoms with van der Waals surface area (Å²) in [6, 6.07) is 13.9. The van der Waals surface area contributed by atoms with Gasteiger partial charge in [-0.3, -0.25) is 15.1 Å². The predicted molar refractivity (Wildman–Crippen MR) is 116 cm³/mol. The molecule has 3 rings (SSSR count). The number of aliphatic imine (C=N–C) groups is 1. The van der Waals surface area contributed by atoms with E-state index in [4.69, 9.17) is 5.26 Å². The Labute approximate surface area is 181 Å². The SMILES string of the molecule is CN=C(NC#N)NC1CCC(CNC(=O)c2c(O)cccc2F)(c2ccccc2)CC1. The molecule has 8 heteroatoms. The molecule has 7 nitrogen and oxygen atoms in total. The fraction of sp³-hybridized carbons (Fsp3) is 0.348. The largest absolute Gasteiger partial charge is 0.507 e. The van der Waals surface area contributed by atoms with E-state index < -0.39 is 11.7 Å². The third-order valence-corrected chi connectivity index (χ3v) is 5.87. The van der Waals surface area contributed by atoms with Gasteiger partial charge in [-0.15, -0.1) is 0 Å². The first-order chi connectivity index (χ1) is 15.0. The lowest BCUT2D eigenvalue weighted by atomic mass is 9.68. The highest BCUT2D eigenvalue weighted by molar-refractivity contribution is 5.97.